The van der Waals surface area contributed by atoms with Crippen molar-refractivity contribution in [2.24, 2.45) is 11.7 Å². The van der Waals surface area contributed by atoms with Gasteiger partial charge in [0.25, 0.3) is 0 Å². The van der Waals surface area contributed by atoms with Gasteiger partial charge in [0.05, 0.1) is 19.3 Å². The number of hydrogen-bond acceptors (Lipinski definition) is 7. The summed E-state index contributed by atoms with van der Waals surface area (Å²) in [5.74, 6) is 0.893. The number of amides is 1. The summed E-state index contributed by atoms with van der Waals surface area (Å²) in [6.45, 7) is 3.51. The van der Waals surface area contributed by atoms with Gasteiger partial charge in [0.2, 0.25) is 11.8 Å². The first-order valence-electron chi connectivity index (χ1n) is 8.59. The number of halogens is 1. The average Bonchev–Trinajstić information content (AvgIpc) is 3.05. The van der Waals surface area contributed by atoms with E-state index in [-0.39, 0.29) is 42.9 Å². The highest BCUT2D eigenvalue weighted by molar-refractivity contribution is 5.85. The lowest BCUT2D eigenvalue weighted by molar-refractivity contribution is -0.128. The van der Waals surface area contributed by atoms with E-state index in [4.69, 9.17) is 19.7 Å². The zero-order valence-electron chi connectivity index (χ0n) is 14.9. The molecule has 0 aromatic carbocycles. The molecular weight excluding hydrogens is 348 g/mol. The molecule has 0 radical (unpaired) electrons. The Kier molecular flexibility index (Phi) is 9.96. The first-order valence-corrected chi connectivity index (χ1v) is 8.59. The Balaban J connectivity index is 0.00000312. The average molecular weight is 377 g/mol. The minimum atomic E-state index is -0.0810. The molecule has 8 nitrogen and oxygen atoms in total. The van der Waals surface area contributed by atoms with Crippen molar-refractivity contribution in [3.8, 4) is 0 Å². The van der Waals surface area contributed by atoms with Gasteiger partial charge < -0.3 is 25.0 Å². The second-order valence-corrected chi connectivity index (χ2v) is 6.15. The second kappa shape index (κ2) is 11.4. The SMILES string of the molecule is CCCO[C@@H]1C[C@@H](C(=O)NCc2nc(CCOC)no2)CC[C@H]1N.Cl. The van der Waals surface area contributed by atoms with Crippen LogP contribution in [0.25, 0.3) is 0 Å². The van der Waals surface area contributed by atoms with Crippen LogP contribution in [0, 0.1) is 5.92 Å². The Labute approximate surface area is 154 Å². The van der Waals surface area contributed by atoms with Crippen LogP contribution >= 0.6 is 12.4 Å². The predicted octanol–water partition coefficient (Wildman–Crippen LogP) is 1.22. The number of hydrogen-bond donors (Lipinski definition) is 2. The molecule has 1 aromatic rings. The molecule has 2 rings (SSSR count). The molecule has 3 atom stereocenters. The fourth-order valence-electron chi connectivity index (χ4n) is 2.82. The molecule has 0 unspecified atom stereocenters. The van der Waals surface area contributed by atoms with Gasteiger partial charge in [-0.25, -0.2) is 0 Å². The molecule has 9 heteroatoms. The van der Waals surface area contributed by atoms with Gasteiger partial charge in [0.1, 0.15) is 0 Å². The monoisotopic (exact) mass is 376 g/mol. The molecule has 0 saturated heterocycles. The normalized spacial score (nSPS) is 23.1. The highest BCUT2D eigenvalue weighted by Gasteiger charge is 2.32. The maximum absolute atomic E-state index is 12.4. The van der Waals surface area contributed by atoms with E-state index in [1.807, 2.05) is 0 Å². The molecule has 1 aliphatic carbocycles. The van der Waals surface area contributed by atoms with Gasteiger partial charge in [-0.2, -0.15) is 4.98 Å². The molecule has 144 valence electrons. The number of nitrogens with two attached hydrogens (primary N) is 1. The first kappa shape index (κ1) is 21.8. The van der Waals surface area contributed by atoms with Crippen molar-refractivity contribution in [1.82, 2.24) is 15.5 Å². The number of carbonyl (C=O) groups excluding carboxylic acids is 1. The highest BCUT2D eigenvalue weighted by Crippen LogP contribution is 2.26. The second-order valence-electron chi connectivity index (χ2n) is 6.15. The molecule has 0 aliphatic heterocycles. The van der Waals surface area contributed by atoms with Gasteiger partial charge in [-0.1, -0.05) is 12.1 Å². The standard InChI is InChI=1S/C16H28N4O4.ClH/c1-3-7-23-13-9-11(4-5-12(13)17)16(21)18-10-15-19-14(20-24-15)6-8-22-2;/h11-13H,3-10,17H2,1-2H3,(H,18,21);1H/t11-,12+,13+;/m0./s1. The summed E-state index contributed by atoms with van der Waals surface area (Å²) < 4.78 is 15.9. The van der Waals surface area contributed by atoms with E-state index in [1.165, 1.54) is 0 Å². The fourth-order valence-corrected chi connectivity index (χ4v) is 2.82. The molecule has 0 bridgehead atoms. The number of nitrogens with one attached hydrogen (secondary N) is 1. The van der Waals surface area contributed by atoms with Crippen LogP contribution < -0.4 is 11.1 Å². The van der Waals surface area contributed by atoms with Gasteiger partial charge in [0.15, 0.2) is 5.82 Å². The smallest absolute Gasteiger partial charge is 0.246 e. The Hall–Kier alpha value is -1.22. The van der Waals surface area contributed by atoms with E-state index in [0.717, 1.165) is 19.3 Å². The fraction of sp³-hybridized carbons (Fsp3) is 0.812. The van der Waals surface area contributed by atoms with Crippen molar-refractivity contribution < 1.29 is 18.8 Å². The van der Waals surface area contributed by atoms with Crippen LogP contribution in [0.15, 0.2) is 4.52 Å². The minimum Gasteiger partial charge on any atom is -0.384 e. The van der Waals surface area contributed by atoms with E-state index >= 15 is 0 Å². The summed E-state index contributed by atoms with van der Waals surface area (Å²) in [5.41, 5.74) is 6.09. The molecule has 0 spiro atoms. The topological polar surface area (TPSA) is 112 Å². The zero-order valence-corrected chi connectivity index (χ0v) is 15.7. The van der Waals surface area contributed by atoms with Gasteiger partial charge in [-0.15, -0.1) is 12.4 Å². The lowest BCUT2D eigenvalue weighted by Crippen LogP contribution is -2.45. The van der Waals surface area contributed by atoms with Crippen molar-refractivity contribution in [2.45, 2.75) is 57.7 Å². The maximum Gasteiger partial charge on any atom is 0.246 e. The van der Waals surface area contributed by atoms with Crippen molar-refractivity contribution in [3.63, 3.8) is 0 Å². The molecule has 3 N–H and O–H groups in total. The van der Waals surface area contributed by atoms with E-state index < -0.39 is 0 Å². The molecule has 25 heavy (non-hydrogen) atoms. The summed E-state index contributed by atoms with van der Waals surface area (Å²) in [6, 6.07) is 0.0138. The number of rotatable bonds is 9. The van der Waals surface area contributed by atoms with Crippen LogP contribution in [0.4, 0.5) is 0 Å². The number of nitrogens with zero attached hydrogens (tertiary/aromatic N) is 2. The van der Waals surface area contributed by atoms with Gasteiger partial charge in [-0.3, -0.25) is 4.79 Å². The van der Waals surface area contributed by atoms with E-state index in [1.54, 1.807) is 7.11 Å². The maximum atomic E-state index is 12.4. The lowest BCUT2D eigenvalue weighted by Gasteiger charge is -2.33. The molecule has 1 aliphatic rings. The molecule has 1 saturated carbocycles. The third-order valence-corrected chi connectivity index (χ3v) is 4.20. The zero-order chi connectivity index (χ0) is 17.4. The van der Waals surface area contributed by atoms with E-state index in [2.05, 4.69) is 22.4 Å². The summed E-state index contributed by atoms with van der Waals surface area (Å²) in [6.07, 6.45) is 3.73. The van der Waals surface area contributed by atoms with Crippen LogP contribution in [-0.4, -0.2) is 48.5 Å². The van der Waals surface area contributed by atoms with Crippen LogP contribution in [0.1, 0.15) is 44.3 Å². The number of carbonyl (C=O) groups is 1. The van der Waals surface area contributed by atoms with Gasteiger partial charge in [0, 0.05) is 32.1 Å². The Morgan fingerprint density at radius 3 is 2.92 bits per heavy atom. The summed E-state index contributed by atoms with van der Waals surface area (Å²) in [5, 5.41) is 6.71. The molecular formula is C16H29ClN4O4. The Morgan fingerprint density at radius 1 is 1.40 bits per heavy atom. The van der Waals surface area contributed by atoms with E-state index in [9.17, 15) is 4.79 Å². The highest BCUT2D eigenvalue weighted by atomic mass is 35.5. The van der Waals surface area contributed by atoms with Crippen molar-refractivity contribution in [2.75, 3.05) is 20.3 Å². The summed E-state index contributed by atoms with van der Waals surface area (Å²) >= 11 is 0. The van der Waals surface area contributed by atoms with Crippen LogP contribution in [0.2, 0.25) is 0 Å². The summed E-state index contributed by atoms with van der Waals surface area (Å²) in [7, 11) is 1.62. The number of methoxy groups -OCH3 is 1. The predicted molar refractivity (Wildman–Crippen MR) is 94.3 cm³/mol. The molecule has 1 fully saturated rings. The quantitative estimate of drug-likeness (QED) is 0.666. The minimum absolute atomic E-state index is 0. The largest absolute Gasteiger partial charge is 0.384 e. The van der Waals surface area contributed by atoms with Crippen LogP contribution in [0.3, 0.4) is 0 Å². The molecule has 1 amide bonds. The number of aromatic nitrogens is 2. The lowest BCUT2D eigenvalue weighted by atomic mass is 9.83. The van der Waals surface area contributed by atoms with Crippen LogP contribution in [-0.2, 0) is 27.2 Å². The number of ether oxygens (including phenoxy) is 2. The van der Waals surface area contributed by atoms with Crippen LogP contribution in [0.5, 0.6) is 0 Å². The third-order valence-electron chi connectivity index (χ3n) is 4.20. The van der Waals surface area contributed by atoms with Crippen molar-refractivity contribution in [1.29, 1.82) is 0 Å². The third kappa shape index (κ3) is 6.89. The van der Waals surface area contributed by atoms with Crippen molar-refractivity contribution >= 4 is 18.3 Å². The molecule has 1 heterocycles. The first-order chi connectivity index (χ1) is 11.6. The summed E-state index contributed by atoms with van der Waals surface area (Å²) in [4.78, 5) is 16.6. The molecule has 1 aromatic heterocycles. The van der Waals surface area contributed by atoms with E-state index in [0.29, 0.717) is 37.8 Å². The van der Waals surface area contributed by atoms with Gasteiger partial charge in [-0.05, 0) is 25.7 Å². The van der Waals surface area contributed by atoms with Gasteiger partial charge >= 0.3 is 0 Å². The van der Waals surface area contributed by atoms with Crippen molar-refractivity contribution in [3.05, 3.63) is 11.7 Å². The Morgan fingerprint density at radius 2 is 2.20 bits per heavy atom. The Bertz CT molecular complexity index is 514.